The molecule has 5 nitrogen and oxygen atoms in total. The summed E-state index contributed by atoms with van der Waals surface area (Å²) in [6.07, 6.45) is 0. The quantitative estimate of drug-likeness (QED) is 0.899. The number of halogens is 1. The van der Waals surface area contributed by atoms with Gasteiger partial charge in [0, 0.05) is 37.8 Å². The van der Waals surface area contributed by atoms with Gasteiger partial charge in [-0.3, -0.25) is 4.90 Å². The van der Waals surface area contributed by atoms with Crippen LogP contribution < -0.4 is 19.5 Å². The summed E-state index contributed by atoms with van der Waals surface area (Å²) in [5.41, 5.74) is 1.12. The summed E-state index contributed by atoms with van der Waals surface area (Å²) in [5.74, 6) is 2.12. The molecule has 1 N–H and O–H groups in total. The van der Waals surface area contributed by atoms with Crippen molar-refractivity contribution in [3.63, 3.8) is 0 Å². The molecule has 1 heterocycles. The standard InChI is InChI=1S/C15H24N2O3.ClH/c1-11-9-17(8-7-16-11)10-12-5-6-13(18-2)15(20-4)14(12)19-3;/h5-6,11,16H,7-10H2,1-4H3;1H. The van der Waals surface area contributed by atoms with Crippen LogP contribution in [0.1, 0.15) is 12.5 Å². The van der Waals surface area contributed by atoms with Crippen molar-refractivity contribution in [2.75, 3.05) is 41.0 Å². The number of nitrogens with zero attached hydrogens (tertiary/aromatic N) is 1. The van der Waals surface area contributed by atoms with Gasteiger partial charge in [0.05, 0.1) is 21.3 Å². The average Bonchev–Trinajstić information content (AvgIpc) is 2.46. The Morgan fingerprint density at radius 1 is 1.14 bits per heavy atom. The van der Waals surface area contributed by atoms with E-state index in [2.05, 4.69) is 17.1 Å². The van der Waals surface area contributed by atoms with Gasteiger partial charge in [-0.25, -0.2) is 0 Å². The minimum atomic E-state index is 0. The summed E-state index contributed by atoms with van der Waals surface area (Å²) < 4.78 is 16.3. The van der Waals surface area contributed by atoms with Crippen molar-refractivity contribution < 1.29 is 14.2 Å². The highest BCUT2D eigenvalue weighted by atomic mass is 35.5. The maximum absolute atomic E-state index is 5.53. The number of piperazine rings is 1. The first-order chi connectivity index (χ1) is 9.69. The van der Waals surface area contributed by atoms with Gasteiger partial charge in [0.25, 0.3) is 0 Å². The van der Waals surface area contributed by atoms with Crippen LogP contribution in [0.25, 0.3) is 0 Å². The van der Waals surface area contributed by atoms with E-state index in [1.165, 1.54) is 0 Å². The third-order valence-electron chi connectivity index (χ3n) is 3.63. The molecule has 6 heteroatoms. The smallest absolute Gasteiger partial charge is 0.203 e. The lowest BCUT2D eigenvalue weighted by Gasteiger charge is -2.32. The molecule has 120 valence electrons. The highest BCUT2D eigenvalue weighted by Gasteiger charge is 2.20. The van der Waals surface area contributed by atoms with Crippen LogP contribution in [0.3, 0.4) is 0 Å². The van der Waals surface area contributed by atoms with Gasteiger partial charge in [-0.1, -0.05) is 6.07 Å². The van der Waals surface area contributed by atoms with Gasteiger partial charge in [-0.2, -0.15) is 0 Å². The number of benzene rings is 1. The summed E-state index contributed by atoms with van der Waals surface area (Å²) in [6.45, 7) is 6.17. The van der Waals surface area contributed by atoms with Crippen molar-refractivity contribution >= 4 is 12.4 Å². The Morgan fingerprint density at radius 2 is 1.86 bits per heavy atom. The van der Waals surface area contributed by atoms with E-state index >= 15 is 0 Å². The molecule has 1 fully saturated rings. The van der Waals surface area contributed by atoms with Gasteiger partial charge in [0.1, 0.15) is 0 Å². The second-order valence-electron chi connectivity index (χ2n) is 5.08. The fourth-order valence-electron chi connectivity index (χ4n) is 2.68. The fraction of sp³-hybridized carbons (Fsp3) is 0.600. The number of hydrogen-bond acceptors (Lipinski definition) is 5. The van der Waals surface area contributed by atoms with E-state index in [1.54, 1.807) is 21.3 Å². The molecule has 0 amide bonds. The lowest BCUT2D eigenvalue weighted by molar-refractivity contribution is 0.196. The van der Waals surface area contributed by atoms with Gasteiger partial charge in [0.2, 0.25) is 5.75 Å². The Kier molecular flexibility index (Phi) is 7.08. The predicted octanol–water partition coefficient (Wildman–Crippen LogP) is 1.93. The van der Waals surface area contributed by atoms with Crippen LogP contribution in [-0.4, -0.2) is 51.9 Å². The van der Waals surface area contributed by atoms with Gasteiger partial charge < -0.3 is 19.5 Å². The maximum atomic E-state index is 5.53. The summed E-state index contributed by atoms with van der Waals surface area (Å²) in [4.78, 5) is 2.42. The summed E-state index contributed by atoms with van der Waals surface area (Å²) in [7, 11) is 4.94. The molecule has 21 heavy (non-hydrogen) atoms. The van der Waals surface area contributed by atoms with Crippen molar-refractivity contribution in [1.29, 1.82) is 0 Å². The third kappa shape index (κ3) is 4.15. The molecule has 1 aromatic rings. The Bertz CT molecular complexity index is 457. The number of nitrogens with one attached hydrogen (secondary N) is 1. The first-order valence-electron chi connectivity index (χ1n) is 6.93. The van der Waals surface area contributed by atoms with E-state index in [1.807, 2.05) is 12.1 Å². The highest BCUT2D eigenvalue weighted by Crippen LogP contribution is 2.40. The van der Waals surface area contributed by atoms with Crippen molar-refractivity contribution in [3.8, 4) is 17.2 Å². The summed E-state index contributed by atoms with van der Waals surface area (Å²) >= 11 is 0. The van der Waals surface area contributed by atoms with Gasteiger partial charge in [-0.15, -0.1) is 12.4 Å². The Labute approximate surface area is 133 Å². The lowest BCUT2D eigenvalue weighted by atomic mass is 10.1. The molecular formula is C15H25ClN2O3. The van der Waals surface area contributed by atoms with E-state index in [-0.39, 0.29) is 12.4 Å². The molecule has 0 aromatic heterocycles. The van der Waals surface area contributed by atoms with Crippen molar-refractivity contribution in [3.05, 3.63) is 17.7 Å². The summed E-state index contributed by atoms with van der Waals surface area (Å²) in [6, 6.07) is 4.50. The van der Waals surface area contributed by atoms with E-state index in [0.29, 0.717) is 17.5 Å². The van der Waals surface area contributed by atoms with Gasteiger partial charge in [0.15, 0.2) is 11.5 Å². The molecule has 1 aliphatic rings. The van der Waals surface area contributed by atoms with E-state index in [0.717, 1.165) is 37.5 Å². The molecule has 1 aliphatic heterocycles. The van der Waals surface area contributed by atoms with Crippen molar-refractivity contribution in [1.82, 2.24) is 10.2 Å². The molecule has 0 spiro atoms. The topological polar surface area (TPSA) is 43.0 Å². The first kappa shape index (κ1) is 17.9. The fourth-order valence-corrected chi connectivity index (χ4v) is 2.68. The molecule has 0 radical (unpaired) electrons. The molecule has 0 bridgehead atoms. The number of methoxy groups -OCH3 is 3. The largest absolute Gasteiger partial charge is 0.493 e. The molecule has 1 atom stereocenters. The number of hydrogen-bond donors (Lipinski definition) is 1. The molecule has 0 saturated carbocycles. The molecule has 1 aromatic carbocycles. The van der Waals surface area contributed by atoms with E-state index < -0.39 is 0 Å². The Hall–Kier alpha value is -1.17. The Morgan fingerprint density at radius 3 is 2.43 bits per heavy atom. The Balaban J connectivity index is 0.00000220. The van der Waals surface area contributed by atoms with Crippen LogP contribution in [0, 0.1) is 0 Å². The van der Waals surface area contributed by atoms with Crippen LogP contribution in [0.15, 0.2) is 12.1 Å². The van der Waals surface area contributed by atoms with E-state index in [4.69, 9.17) is 14.2 Å². The minimum Gasteiger partial charge on any atom is -0.493 e. The zero-order valence-corrected chi connectivity index (χ0v) is 14.0. The van der Waals surface area contributed by atoms with Crippen LogP contribution >= 0.6 is 12.4 Å². The van der Waals surface area contributed by atoms with Crippen LogP contribution in [0.4, 0.5) is 0 Å². The normalized spacial score (nSPS) is 18.8. The lowest BCUT2D eigenvalue weighted by Crippen LogP contribution is -2.48. The summed E-state index contributed by atoms with van der Waals surface area (Å²) in [5, 5.41) is 3.45. The van der Waals surface area contributed by atoms with E-state index in [9.17, 15) is 0 Å². The molecular weight excluding hydrogens is 292 g/mol. The number of rotatable bonds is 5. The van der Waals surface area contributed by atoms with Crippen LogP contribution in [0.5, 0.6) is 17.2 Å². The second-order valence-corrected chi connectivity index (χ2v) is 5.08. The second kappa shape index (κ2) is 8.32. The predicted molar refractivity (Wildman–Crippen MR) is 86.1 cm³/mol. The van der Waals surface area contributed by atoms with Crippen LogP contribution in [-0.2, 0) is 6.54 Å². The maximum Gasteiger partial charge on any atom is 0.203 e. The molecule has 1 saturated heterocycles. The molecule has 0 aliphatic carbocycles. The monoisotopic (exact) mass is 316 g/mol. The van der Waals surface area contributed by atoms with Crippen LogP contribution in [0.2, 0.25) is 0 Å². The van der Waals surface area contributed by atoms with Gasteiger partial charge in [-0.05, 0) is 13.0 Å². The SMILES string of the molecule is COc1ccc(CN2CCNC(C)C2)c(OC)c1OC.Cl. The molecule has 1 unspecified atom stereocenters. The average molecular weight is 317 g/mol. The molecule has 2 rings (SSSR count). The first-order valence-corrected chi connectivity index (χ1v) is 6.93. The van der Waals surface area contributed by atoms with Crippen molar-refractivity contribution in [2.24, 2.45) is 0 Å². The third-order valence-corrected chi connectivity index (χ3v) is 3.63. The zero-order valence-electron chi connectivity index (χ0n) is 13.1. The van der Waals surface area contributed by atoms with Gasteiger partial charge >= 0.3 is 0 Å². The van der Waals surface area contributed by atoms with Crippen molar-refractivity contribution in [2.45, 2.75) is 19.5 Å². The zero-order chi connectivity index (χ0) is 14.5. The number of ether oxygens (including phenoxy) is 3. The minimum absolute atomic E-state index is 0. The highest BCUT2D eigenvalue weighted by molar-refractivity contribution is 5.85.